The molecule has 1 aliphatic heterocycles. The number of rotatable bonds is 5. The Hall–Kier alpha value is -2.63. The molecule has 27 heavy (non-hydrogen) atoms. The van der Waals surface area contributed by atoms with Crippen molar-refractivity contribution < 1.29 is 14.3 Å². The number of carbonyl (C=O) groups excluding carboxylic acids is 2. The number of aryl methyl sites for hydroxylation is 1. The van der Waals surface area contributed by atoms with Crippen LogP contribution in [0.15, 0.2) is 42.7 Å². The van der Waals surface area contributed by atoms with Crippen LogP contribution in [0.3, 0.4) is 0 Å². The van der Waals surface area contributed by atoms with Gasteiger partial charge < -0.3 is 9.64 Å². The number of esters is 1. The molecule has 3 rings (SSSR count). The molecule has 1 amide bonds. The number of amides is 1. The van der Waals surface area contributed by atoms with Crippen molar-refractivity contribution in [1.82, 2.24) is 14.7 Å². The summed E-state index contributed by atoms with van der Waals surface area (Å²) in [4.78, 5) is 26.7. The number of nitrogens with zero attached hydrogens (tertiary/aromatic N) is 3. The Morgan fingerprint density at radius 3 is 2.67 bits per heavy atom. The monoisotopic (exact) mass is 369 g/mol. The molecule has 2 aromatic rings. The maximum atomic E-state index is 12.7. The molecule has 144 valence electrons. The number of aromatic nitrogens is 2. The molecule has 6 heteroatoms. The maximum Gasteiger partial charge on any atom is 0.329 e. The molecule has 2 heterocycles. The van der Waals surface area contributed by atoms with Crippen molar-refractivity contribution in [2.24, 2.45) is 0 Å². The van der Waals surface area contributed by atoms with E-state index in [2.05, 4.69) is 5.10 Å². The molecule has 0 saturated carbocycles. The fourth-order valence-electron chi connectivity index (χ4n) is 3.29. The van der Waals surface area contributed by atoms with Crippen molar-refractivity contribution in [2.45, 2.75) is 58.1 Å². The van der Waals surface area contributed by atoms with Crippen LogP contribution in [0.5, 0.6) is 0 Å². The average Bonchev–Trinajstić information content (AvgIpc) is 3.28. The van der Waals surface area contributed by atoms with Crippen LogP contribution in [0, 0.1) is 0 Å². The SMILES string of the molecule is CC(C)(C)OC(=O)C1CCCN1C(=O)CCc1cnn(-c2ccccc2)c1. The standard InChI is InChI=1S/C21H27N3O3/c1-21(2,3)27-20(26)18-10-7-13-23(18)19(25)12-11-16-14-22-24(15-16)17-8-5-4-6-9-17/h4-6,8-9,14-15,18H,7,10-13H2,1-3H3. The lowest BCUT2D eigenvalue weighted by molar-refractivity contribution is -0.163. The molecular weight excluding hydrogens is 342 g/mol. The average molecular weight is 369 g/mol. The third-order valence-corrected chi connectivity index (χ3v) is 4.54. The molecule has 1 aromatic carbocycles. The summed E-state index contributed by atoms with van der Waals surface area (Å²) in [7, 11) is 0. The Kier molecular flexibility index (Phi) is 5.63. The van der Waals surface area contributed by atoms with Gasteiger partial charge in [0.25, 0.3) is 0 Å². The summed E-state index contributed by atoms with van der Waals surface area (Å²) >= 11 is 0. The first-order valence-electron chi connectivity index (χ1n) is 9.45. The first-order valence-corrected chi connectivity index (χ1v) is 9.45. The highest BCUT2D eigenvalue weighted by atomic mass is 16.6. The van der Waals surface area contributed by atoms with Gasteiger partial charge in [0, 0.05) is 19.2 Å². The van der Waals surface area contributed by atoms with Gasteiger partial charge in [0.15, 0.2) is 0 Å². The van der Waals surface area contributed by atoms with Crippen molar-refractivity contribution in [2.75, 3.05) is 6.54 Å². The smallest absolute Gasteiger partial charge is 0.329 e. The fourth-order valence-corrected chi connectivity index (χ4v) is 3.29. The van der Waals surface area contributed by atoms with Crippen LogP contribution in [0.1, 0.15) is 45.6 Å². The van der Waals surface area contributed by atoms with Crippen LogP contribution in [-0.2, 0) is 20.7 Å². The Morgan fingerprint density at radius 2 is 1.96 bits per heavy atom. The third-order valence-electron chi connectivity index (χ3n) is 4.54. The van der Waals surface area contributed by atoms with Gasteiger partial charge in [-0.3, -0.25) is 4.79 Å². The Morgan fingerprint density at radius 1 is 1.22 bits per heavy atom. The minimum Gasteiger partial charge on any atom is -0.458 e. The molecular formula is C21H27N3O3. The van der Waals surface area contributed by atoms with Crippen molar-refractivity contribution in [3.63, 3.8) is 0 Å². The van der Waals surface area contributed by atoms with Crippen molar-refractivity contribution in [3.8, 4) is 5.69 Å². The molecule has 1 fully saturated rings. The summed E-state index contributed by atoms with van der Waals surface area (Å²) in [5, 5.41) is 4.36. The normalized spacial score (nSPS) is 17.1. The van der Waals surface area contributed by atoms with Crippen LogP contribution < -0.4 is 0 Å². The summed E-state index contributed by atoms with van der Waals surface area (Å²) in [5.41, 5.74) is 1.44. The van der Waals surface area contributed by atoms with E-state index in [0.717, 1.165) is 17.7 Å². The van der Waals surface area contributed by atoms with E-state index in [1.807, 2.05) is 57.3 Å². The lowest BCUT2D eigenvalue weighted by Crippen LogP contribution is -2.43. The van der Waals surface area contributed by atoms with E-state index in [0.29, 0.717) is 25.8 Å². The summed E-state index contributed by atoms with van der Waals surface area (Å²) in [6, 6.07) is 9.40. The molecule has 0 N–H and O–H groups in total. The summed E-state index contributed by atoms with van der Waals surface area (Å²) in [6.45, 7) is 6.15. The lowest BCUT2D eigenvalue weighted by atomic mass is 10.1. The second kappa shape index (κ2) is 7.94. The number of hydrogen-bond acceptors (Lipinski definition) is 4. The zero-order valence-electron chi connectivity index (χ0n) is 16.2. The number of carbonyl (C=O) groups is 2. The first kappa shape index (κ1) is 19.1. The van der Waals surface area contributed by atoms with Crippen LogP contribution in [-0.4, -0.2) is 44.7 Å². The highest BCUT2D eigenvalue weighted by Gasteiger charge is 2.36. The highest BCUT2D eigenvalue weighted by Crippen LogP contribution is 2.22. The second-order valence-electron chi connectivity index (χ2n) is 7.91. The van der Waals surface area contributed by atoms with E-state index in [1.54, 1.807) is 15.8 Å². The van der Waals surface area contributed by atoms with Gasteiger partial charge >= 0.3 is 5.97 Å². The Balaban J connectivity index is 1.57. The minimum atomic E-state index is -0.541. The summed E-state index contributed by atoms with van der Waals surface area (Å²) in [5.74, 6) is -0.305. The van der Waals surface area contributed by atoms with Crippen molar-refractivity contribution in [1.29, 1.82) is 0 Å². The fraction of sp³-hybridized carbons (Fsp3) is 0.476. The van der Waals surface area contributed by atoms with Gasteiger partial charge in [0.1, 0.15) is 11.6 Å². The van der Waals surface area contributed by atoms with E-state index in [-0.39, 0.29) is 11.9 Å². The van der Waals surface area contributed by atoms with Gasteiger partial charge in [-0.1, -0.05) is 18.2 Å². The van der Waals surface area contributed by atoms with Gasteiger partial charge in [-0.2, -0.15) is 5.10 Å². The van der Waals surface area contributed by atoms with Crippen molar-refractivity contribution in [3.05, 3.63) is 48.3 Å². The molecule has 1 atom stereocenters. The molecule has 0 spiro atoms. The number of hydrogen-bond donors (Lipinski definition) is 0. The Labute approximate surface area is 160 Å². The predicted molar refractivity (Wildman–Crippen MR) is 102 cm³/mol. The van der Waals surface area contributed by atoms with E-state index in [1.165, 1.54) is 0 Å². The van der Waals surface area contributed by atoms with Gasteiger partial charge in [-0.05, 0) is 57.7 Å². The minimum absolute atomic E-state index is 0.00387. The van der Waals surface area contributed by atoms with Crippen LogP contribution in [0.25, 0.3) is 5.69 Å². The second-order valence-corrected chi connectivity index (χ2v) is 7.91. The predicted octanol–water partition coefficient (Wildman–Crippen LogP) is 3.14. The van der Waals surface area contributed by atoms with E-state index in [9.17, 15) is 9.59 Å². The largest absolute Gasteiger partial charge is 0.458 e. The zero-order chi connectivity index (χ0) is 19.4. The first-order chi connectivity index (χ1) is 12.8. The van der Waals surface area contributed by atoms with Crippen LogP contribution in [0.2, 0.25) is 0 Å². The molecule has 1 unspecified atom stereocenters. The number of benzene rings is 1. The number of likely N-dealkylation sites (tertiary alicyclic amines) is 1. The molecule has 0 aliphatic carbocycles. The molecule has 0 bridgehead atoms. The van der Waals surface area contributed by atoms with Gasteiger partial charge in [-0.15, -0.1) is 0 Å². The van der Waals surface area contributed by atoms with E-state index < -0.39 is 11.6 Å². The van der Waals surface area contributed by atoms with Crippen LogP contribution >= 0.6 is 0 Å². The highest BCUT2D eigenvalue weighted by molar-refractivity contribution is 5.85. The topological polar surface area (TPSA) is 64.4 Å². The maximum absolute atomic E-state index is 12.7. The van der Waals surface area contributed by atoms with E-state index in [4.69, 9.17) is 4.74 Å². The quantitative estimate of drug-likeness (QED) is 0.760. The molecule has 1 saturated heterocycles. The molecule has 0 radical (unpaired) electrons. The van der Waals surface area contributed by atoms with Crippen molar-refractivity contribution >= 4 is 11.9 Å². The molecule has 1 aromatic heterocycles. The van der Waals surface area contributed by atoms with Gasteiger partial charge in [-0.25, -0.2) is 9.48 Å². The molecule has 6 nitrogen and oxygen atoms in total. The molecule has 1 aliphatic rings. The zero-order valence-corrected chi connectivity index (χ0v) is 16.2. The summed E-state index contributed by atoms with van der Waals surface area (Å²) in [6.07, 6.45) is 6.20. The van der Waals surface area contributed by atoms with Crippen LogP contribution in [0.4, 0.5) is 0 Å². The lowest BCUT2D eigenvalue weighted by Gasteiger charge is -2.27. The number of para-hydroxylation sites is 1. The van der Waals surface area contributed by atoms with Gasteiger partial charge in [0.05, 0.1) is 11.9 Å². The third kappa shape index (κ3) is 4.96. The number of ether oxygens (including phenoxy) is 1. The Bertz CT molecular complexity index is 793. The van der Waals surface area contributed by atoms with Gasteiger partial charge in [0.2, 0.25) is 5.91 Å². The van der Waals surface area contributed by atoms with E-state index >= 15 is 0 Å². The summed E-state index contributed by atoms with van der Waals surface area (Å²) < 4.78 is 7.28.